The van der Waals surface area contributed by atoms with Gasteiger partial charge >= 0.3 is 0 Å². The molecule has 2 rings (SSSR count). The van der Waals surface area contributed by atoms with Gasteiger partial charge in [0.15, 0.2) is 11.5 Å². The van der Waals surface area contributed by atoms with Gasteiger partial charge in [-0.05, 0) is 35.9 Å². The number of rotatable bonds is 10. The van der Waals surface area contributed by atoms with Crippen LogP contribution < -0.4 is 20.3 Å². The summed E-state index contributed by atoms with van der Waals surface area (Å²) < 4.78 is 15.1. The molecule has 0 aliphatic rings. The van der Waals surface area contributed by atoms with Gasteiger partial charge in [-0.1, -0.05) is 0 Å². The van der Waals surface area contributed by atoms with E-state index < -0.39 is 18.4 Å². The molecule has 0 atom stereocenters. The molecule has 0 fully saturated rings. The molecule has 0 bridgehead atoms. The highest BCUT2D eigenvalue weighted by Gasteiger charge is 2.05. The van der Waals surface area contributed by atoms with Crippen LogP contribution >= 0.6 is 0 Å². The summed E-state index contributed by atoms with van der Waals surface area (Å²) in [5, 5.41) is 26.4. The topological polar surface area (TPSA) is 151 Å². The highest BCUT2D eigenvalue weighted by Crippen LogP contribution is 2.25. The normalized spacial score (nSPS) is 10.9. The molecule has 2 aromatic carbocycles. The van der Waals surface area contributed by atoms with Gasteiger partial charge in [-0.15, -0.1) is 0 Å². The quantitative estimate of drug-likeness (QED) is 0.320. The number of hydrazone groups is 2. The van der Waals surface area contributed by atoms with Crippen molar-refractivity contribution < 1.29 is 34.0 Å². The molecule has 11 heteroatoms. The monoisotopic (exact) mass is 430 g/mol. The van der Waals surface area contributed by atoms with E-state index in [1.54, 1.807) is 18.2 Å². The maximum atomic E-state index is 11.7. The molecule has 164 valence electrons. The predicted octanol–water partition coefficient (Wildman–Crippen LogP) is 0.732. The van der Waals surface area contributed by atoms with Crippen molar-refractivity contribution in [1.29, 1.82) is 0 Å². The molecular formula is C20H22N4O7. The summed E-state index contributed by atoms with van der Waals surface area (Å²) >= 11 is 0. The van der Waals surface area contributed by atoms with Gasteiger partial charge in [-0.3, -0.25) is 9.59 Å². The summed E-state index contributed by atoms with van der Waals surface area (Å²) in [6, 6.07) is 8.99. The maximum absolute atomic E-state index is 11.7. The lowest BCUT2D eigenvalue weighted by Gasteiger charge is -2.05. The van der Waals surface area contributed by atoms with E-state index in [1.807, 2.05) is 0 Å². The number of aromatic hydroxyl groups is 2. The number of phenols is 2. The van der Waals surface area contributed by atoms with Crippen molar-refractivity contribution >= 4 is 24.2 Å². The fourth-order valence-corrected chi connectivity index (χ4v) is 2.23. The minimum atomic E-state index is -0.568. The second-order valence-corrected chi connectivity index (χ2v) is 5.94. The summed E-state index contributed by atoms with van der Waals surface area (Å²) in [6.07, 6.45) is 2.70. The number of hydrogen-bond acceptors (Lipinski definition) is 9. The third-order valence-electron chi connectivity index (χ3n) is 3.68. The average molecular weight is 430 g/mol. The van der Waals surface area contributed by atoms with Crippen LogP contribution in [0.2, 0.25) is 0 Å². The van der Waals surface area contributed by atoms with Gasteiger partial charge in [0.1, 0.15) is 24.7 Å². The zero-order valence-corrected chi connectivity index (χ0v) is 16.9. The van der Waals surface area contributed by atoms with Crippen LogP contribution in [0.4, 0.5) is 0 Å². The first-order valence-electron chi connectivity index (χ1n) is 8.88. The number of amides is 2. The van der Waals surface area contributed by atoms with Gasteiger partial charge in [0.05, 0.1) is 26.6 Å². The molecule has 0 aliphatic carbocycles. The van der Waals surface area contributed by atoms with Crippen LogP contribution in [-0.4, -0.2) is 61.9 Å². The summed E-state index contributed by atoms with van der Waals surface area (Å²) in [5.41, 5.74) is 5.63. The first kappa shape index (κ1) is 23.2. The van der Waals surface area contributed by atoms with Crippen LogP contribution in [0.1, 0.15) is 11.1 Å². The van der Waals surface area contributed by atoms with E-state index in [2.05, 4.69) is 21.1 Å². The Morgan fingerprint density at radius 3 is 2.19 bits per heavy atom. The molecule has 4 N–H and O–H groups in total. The average Bonchev–Trinajstić information content (AvgIpc) is 2.75. The molecule has 31 heavy (non-hydrogen) atoms. The number of ether oxygens (including phenoxy) is 3. The minimum Gasteiger partial charge on any atom is -0.508 e. The lowest BCUT2D eigenvalue weighted by Crippen LogP contribution is -2.28. The number of benzene rings is 2. The van der Waals surface area contributed by atoms with Gasteiger partial charge in [0.25, 0.3) is 11.8 Å². The van der Waals surface area contributed by atoms with Crippen molar-refractivity contribution in [3.05, 3.63) is 47.5 Å². The summed E-state index contributed by atoms with van der Waals surface area (Å²) in [5.74, 6) is -0.444. The molecule has 0 unspecified atom stereocenters. The Bertz CT molecular complexity index is 976. The molecule has 0 radical (unpaired) electrons. The first-order valence-corrected chi connectivity index (χ1v) is 8.88. The number of hydrogen-bond donors (Lipinski definition) is 4. The maximum Gasteiger partial charge on any atom is 0.266 e. The molecule has 0 saturated heterocycles. The molecular weight excluding hydrogens is 408 g/mol. The predicted molar refractivity (Wildman–Crippen MR) is 112 cm³/mol. The van der Waals surface area contributed by atoms with E-state index in [-0.39, 0.29) is 23.9 Å². The Hall–Kier alpha value is -4.12. The zero-order chi connectivity index (χ0) is 22.6. The van der Waals surface area contributed by atoms with Crippen LogP contribution in [0, 0.1) is 0 Å². The van der Waals surface area contributed by atoms with E-state index in [0.717, 1.165) is 0 Å². The number of carbonyl (C=O) groups is 2. The van der Waals surface area contributed by atoms with Crippen LogP contribution in [0.25, 0.3) is 0 Å². The van der Waals surface area contributed by atoms with Crippen molar-refractivity contribution in [1.82, 2.24) is 10.9 Å². The third kappa shape index (κ3) is 7.66. The molecule has 0 aliphatic heterocycles. The van der Waals surface area contributed by atoms with E-state index in [9.17, 15) is 19.8 Å². The van der Waals surface area contributed by atoms with Crippen molar-refractivity contribution in [2.45, 2.75) is 0 Å². The van der Waals surface area contributed by atoms with Crippen molar-refractivity contribution in [3.63, 3.8) is 0 Å². The van der Waals surface area contributed by atoms with Gasteiger partial charge in [0, 0.05) is 11.6 Å². The second kappa shape index (κ2) is 11.8. The molecule has 11 nitrogen and oxygen atoms in total. The minimum absolute atomic E-state index is 0.0121. The smallest absolute Gasteiger partial charge is 0.266 e. The Kier molecular flexibility index (Phi) is 8.80. The SMILES string of the molecule is COc1cc(/C=N\NC(=O)COCC(=O)N/N=C\c2ccc(O)cc2OC)ccc1O. The van der Waals surface area contributed by atoms with E-state index in [1.165, 1.54) is 44.8 Å². The number of carbonyl (C=O) groups excluding carboxylic acids is 2. The first-order chi connectivity index (χ1) is 14.9. The van der Waals surface area contributed by atoms with Crippen LogP contribution in [-0.2, 0) is 14.3 Å². The Morgan fingerprint density at radius 1 is 0.903 bits per heavy atom. The van der Waals surface area contributed by atoms with Gasteiger partial charge in [0.2, 0.25) is 0 Å². The Morgan fingerprint density at radius 2 is 1.55 bits per heavy atom. The zero-order valence-electron chi connectivity index (χ0n) is 16.9. The molecule has 2 amide bonds. The lowest BCUT2D eigenvalue weighted by atomic mass is 10.2. The molecule has 2 aromatic rings. The Balaban J connectivity index is 1.70. The number of methoxy groups -OCH3 is 2. The summed E-state index contributed by atoms with van der Waals surface area (Å²) in [7, 11) is 2.86. The largest absolute Gasteiger partial charge is 0.508 e. The van der Waals surface area contributed by atoms with Gasteiger partial charge < -0.3 is 24.4 Å². The third-order valence-corrected chi connectivity index (χ3v) is 3.68. The van der Waals surface area contributed by atoms with Crippen LogP contribution in [0.5, 0.6) is 23.0 Å². The second-order valence-electron chi connectivity index (χ2n) is 5.94. The molecule has 0 aromatic heterocycles. The van der Waals surface area contributed by atoms with E-state index in [4.69, 9.17) is 14.2 Å². The van der Waals surface area contributed by atoms with Crippen LogP contribution in [0.15, 0.2) is 46.6 Å². The van der Waals surface area contributed by atoms with Crippen molar-refractivity contribution in [3.8, 4) is 23.0 Å². The van der Waals surface area contributed by atoms with Crippen molar-refractivity contribution in [2.75, 3.05) is 27.4 Å². The molecule has 0 saturated carbocycles. The van der Waals surface area contributed by atoms with E-state index >= 15 is 0 Å². The Labute approximate surface area is 177 Å². The number of nitrogens with one attached hydrogen (secondary N) is 2. The highest BCUT2D eigenvalue weighted by atomic mass is 16.5. The lowest BCUT2D eigenvalue weighted by molar-refractivity contribution is -0.130. The van der Waals surface area contributed by atoms with E-state index in [0.29, 0.717) is 16.9 Å². The fourth-order valence-electron chi connectivity index (χ4n) is 2.23. The molecule has 0 heterocycles. The summed E-state index contributed by atoms with van der Waals surface area (Å²) in [6.45, 7) is -0.782. The van der Waals surface area contributed by atoms with Gasteiger partial charge in [-0.25, -0.2) is 10.9 Å². The highest BCUT2D eigenvalue weighted by molar-refractivity contribution is 5.86. The van der Waals surface area contributed by atoms with Gasteiger partial charge in [-0.2, -0.15) is 10.2 Å². The summed E-state index contributed by atoms with van der Waals surface area (Å²) in [4.78, 5) is 23.4. The number of nitrogens with zero attached hydrogens (tertiary/aromatic N) is 2. The molecule has 0 spiro atoms. The number of phenolic OH excluding ortho intramolecular Hbond substituents is 2. The standard InChI is InChI=1S/C20H22N4O7/c1-29-17-8-15(25)5-4-14(17)10-22-24-20(28)12-31-11-19(27)23-21-9-13-3-6-16(26)18(7-13)30-2/h3-10,25-26H,11-12H2,1-2H3,(H,23,27)(H,24,28)/b21-9-,22-10-. The van der Waals surface area contributed by atoms with Crippen molar-refractivity contribution in [2.24, 2.45) is 10.2 Å². The van der Waals surface area contributed by atoms with Crippen LogP contribution in [0.3, 0.4) is 0 Å². The fraction of sp³-hybridized carbons (Fsp3) is 0.200.